The van der Waals surface area contributed by atoms with Gasteiger partial charge in [0.25, 0.3) is 5.69 Å². The Hall–Kier alpha value is -0.980. The summed E-state index contributed by atoms with van der Waals surface area (Å²) in [7, 11) is 0. The van der Waals surface area contributed by atoms with E-state index in [2.05, 4.69) is 33.1 Å². The highest BCUT2D eigenvalue weighted by Gasteiger charge is 2.18. The number of nitro groups is 1. The molecule has 1 unspecified atom stereocenters. The Kier molecular flexibility index (Phi) is 5.51. The Balaban J connectivity index is 2.01. The van der Waals surface area contributed by atoms with Crippen LogP contribution in [-0.2, 0) is 6.54 Å². The number of non-ortho nitro benzene ring substituents is 1. The first-order valence-corrected chi connectivity index (χ1v) is 7.78. The number of halogens is 1. The maximum atomic E-state index is 10.7. The molecule has 0 amide bonds. The van der Waals surface area contributed by atoms with Crippen molar-refractivity contribution in [1.82, 2.24) is 10.2 Å². The van der Waals surface area contributed by atoms with E-state index < -0.39 is 0 Å². The van der Waals surface area contributed by atoms with Crippen molar-refractivity contribution in [3.63, 3.8) is 0 Å². The van der Waals surface area contributed by atoms with E-state index in [-0.39, 0.29) is 10.6 Å². The Labute approximate surface area is 127 Å². The topological polar surface area (TPSA) is 58.4 Å². The SMILES string of the molecule is CCN(Cc1ccc([N+](=O)[O-])cc1Br)CC1CCCN1. The molecule has 1 saturated heterocycles. The lowest BCUT2D eigenvalue weighted by Crippen LogP contribution is -2.37. The van der Waals surface area contributed by atoms with Crippen molar-refractivity contribution >= 4 is 21.6 Å². The van der Waals surface area contributed by atoms with Gasteiger partial charge in [-0.05, 0) is 37.6 Å². The molecule has 5 nitrogen and oxygen atoms in total. The van der Waals surface area contributed by atoms with E-state index in [0.29, 0.717) is 6.04 Å². The van der Waals surface area contributed by atoms with Gasteiger partial charge in [-0.15, -0.1) is 0 Å². The van der Waals surface area contributed by atoms with E-state index in [1.165, 1.54) is 12.8 Å². The molecule has 0 spiro atoms. The van der Waals surface area contributed by atoms with Crippen LogP contribution in [0.4, 0.5) is 5.69 Å². The molecule has 6 heteroatoms. The van der Waals surface area contributed by atoms with E-state index in [9.17, 15) is 10.1 Å². The second-order valence-electron chi connectivity index (χ2n) is 5.15. The smallest absolute Gasteiger partial charge is 0.270 e. The summed E-state index contributed by atoms with van der Waals surface area (Å²) in [5, 5.41) is 14.2. The van der Waals surface area contributed by atoms with Gasteiger partial charge in [-0.25, -0.2) is 0 Å². The zero-order valence-electron chi connectivity index (χ0n) is 11.6. The highest BCUT2D eigenvalue weighted by Crippen LogP contribution is 2.24. The molecule has 0 aromatic heterocycles. The third kappa shape index (κ3) is 4.01. The fourth-order valence-corrected chi connectivity index (χ4v) is 3.04. The summed E-state index contributed by atoms with van der Waals surface area (Å²) >= 11 is 3.44. The molecule has 1 heterocycles. The standard InChI is InChI=1S/C14H20BrN3O2/c1-2-17(10-12-4-3-7-16-12)9-11-5-6-13(18(19)20)8-14(11)15/h5-6,8,12,16H,2-4,7,9-10H2,1H3. The van der Waals surface area contributed by atoms with Crippen LogP contribution in [0.25, 0.3) is 0 Å². The maximum Gasteiger partial charge on any atom is 0.270 e. The van der Waals surface area contributed by atoms with Crippen molar-refractivity contribution in [3.8, 4) is 0 Å². The quantitative estimate of drug-likeness (QED) is 0.638. The van der Waals surface area contributed by atoms with Crippen molar-refractivity contribution in [1.29, 1.82) is 0 Å². The molecule has 110 valence electrons. The summed E-state index contributed by atoms with van der Waals surface area (Å²) in [6, 6.07) is 5.57. The molecule has 1 atom stereocenters. The number of nitro benzene ring substituents is 1. The van der Waals surface area contributed by atoms with Crippen LogP contribution in [-0.4, -0.2) is 35.5 Å². The minimum Gasteiger partial charge on any atom is -0.313 e. The zero-order chi connectivity index (χ0) is 14.5. The first-order valence-electron chi connectivity index (χ1n) is 6.98. The highest BCUT2D eigenvalue weighted by atomic mass is 79.9. The molecule has 1 aromatic rings. The summed E-state index contributed by atoms with van der Waals surface area (Å²) in [6.07, 6.45) is 2.49. The summed E-state index contributed by atoms with van der Waals surface area (Å²) in [5.41, 5.74) is 1.22. The van der Waals surface area contributed by atoms with Gasteiger partial charge in [-0.3, -0.25) is 15.0 Å². The van der Waals surface area contributed by atoms with Gasteiger partial charge in [-0.1, -0.05) is 22.9 Å². The third-order valence-corrected chi connectivity index (χ3v) is 4.47. The normalized spacial score (nSPS) is 18.6. The van der Waals surface area contributed by atoms with Gasteiger partial charge in [-0.2, -0.15) is 0 Å². The lowest BCUT2D eigenvalue weighted by molar-refractivity contribution is -0.384. The van der Waals surface area contributed by atoms with Gasteiger partial charge in [0.15, 0.2) is 0 Å². The molecule has 0 aliphatic carbocycles. The molecule has 20 heavy (non-hydrogen) atoms. The average molecular weight is 342 g/mol. The largest absolute Gasteiger partial charge is 0.313 e. The van der Waals surface area contributed by atoms with Crippen molar-refractivity contribution in [2.45, 2.75) is 32.4 Å². The van der Waals surface area contributed by atoms with Crippen LogP contribution in [0.1, 0.15) is 25.3 Å². The first kappa shape index (κ1) is 15.4. The number of rotatable bonds is 6. The third-order valence-electron chi connectivity index (χ3n) is 3.73. The van der Waals surface area contributed by atoms with Gasteiger partial charge in [0, 0.05) is 35.7 Å². The van der Waals surface area contributed by atoms with Gasteiger partial charge >= 0.3 is 0 Å². The number of likely N-dealkylation sites (N-methyl/N-ethyl adjacent to an activating group) is 1. The summed E-state index contributed by atoms with van der Waals surface area (Å²) in [4.78, 5) is 12.7. The van der Waals surface area contributed by atoms with E-state index in [1.807, 2.05) is 6.07 Å². The van der Waals surface area contributed by atoms with Gasteiger partial charge in [0.2, 0.25) is 0 Å². The molecule has 0 radical (unpaired) electrons. The van der Waals surface area contributed by atoms with Crippen LogP contribution in [0.2, 0.25) is 0 Å². The van der Waals surface area contributed by atoms with Crippen molar-refractivity contribution in [3.05, 3.63) is 38.3 Å². The minimum atomic E-state index is -0.366. The predicted octanol–water partition coefficient (Wildman–Crippen LogP) is 2.93. The molecule has 1 N–H and O–H groups in total. The van der Waals surface area contributed by atoms with Crippen LogP contribution in [0.5, 0.6) is 0 Å². The molecule has 0 saturated carbocycles. The lowest BCUT2D eigenvalue weighted by atomic mass is 10.1. The lowest BCUT2D eigenvalue weighted by Gasteiger charge is -2.24. The first-order chi connectivity index (χ1) is 9.60. The number of hydrogen-bond donors (Lipinski definition) is 1. The Morgan fingerprint density at radius 3 is 2.90 bits per heavy atom. The predicted molar refractivity (Wildman–Crippen MR) is 82.8 cm³/mol. The van der Waals surface area contributed by atoms with Crippen molar-refractivity contribution in [2.24, 2.45) is 0 Å². The minimum absolute atomic E-state index is 0.126. The molecule has 1 aromatic carbocycles. The van der Waals surface area contributed by atoms with Crippen LogP contribution in [0, 0.1) is 10.1 Å². The summed E-state index contributed by atoms with van der Waals surface area (Å²) < 4.78 is 0.810. The number of benzene rings is 1. The fraction of sp³-hybridized carbons (Fsp3) is 0.571. The van der Waals surface area contributed by atoms with E-state index in [0.717, 1.165) is 36.2 Å². The molecule has 1 aliphatic heterocycles. The number of nitrogens with zero attached hydrogens (tertiary/aromatic N) is 2. The summed E-state index contributed by atoms with van der Waals surface area (Å²) in [5.74, 6) is 0. The Bertz CT molecular complexity index is 475. The maximum absolute atomic E-state index is 10.7. The number of hydrogen-bond acceptors (Lipinski definition) is 4. The van der Waals surface area contributed by atoms with Crippen LogP contribution in [0.3, 0.4) is 0 Å². The van der Waals surface area contributed by atoms with Crippen LogP contribution < -0.4 is 5.32 Å². The molecule has 0 bridgehead atoms. The van der Waals surface area contributed by atoms with E-state index in [4.69, 9.17) is 0 Å². The zero-order valence-corrected chi connectivity index (χ0v) is 13.2. The monoisotopic (exact) mass is 341 g/mol. The van der Waals surface area contributed by atoms with E-state index in [1.54, 1.807) is 12.1 Å². The van der Waals surface area contributed by atoms with Crippen LogP contribution in [0.15, 0.2) is 22.7 Å². The molecular formula is C14H20BrN3O2. The van der Waals surface area contributed by atoms with E-state index >= 15 is 0 Å². The fourth-order valence-electron chi connectivity index (χ4n) is 2.55. The second kappa shape index (κ2) is 7.15. The van der Waals surface area contributed by atoms with Gasteiger partial charge in [0.1, 0.15) is 0 Å². The number of nitrogens with one attached hydrogen (secondary N) is 1. The van der Waals surface area contributed by atoms with Gasteiger partial charge in [0.05, 0.1) is 4.92 Å². The highest BCUT2D eigenvalue weighted by molar-refractivity contribution is 9.10. The summed E-state index contributed by atoms with van der Waals surface area (Å²) in [6.45, 7) is 6.08. The Morgan fingerprint density at radius 1 is 1.55 bits per heavy atom. The van der Waals surface area contributed by atoms with Crippen molar-refractivity contribution in [2.75, 3.05) is 19.6 Å². The second-order valence-corrected chi connectivity index (χ2v) is 6.01. The average Bonchev–Trinajstić information content (AvgIpc) is 2.92. The van der Waals surface area contributed by atoms with Gasteiger partial charge < -0.3 is 5.32 Å². The molecule has 2 rings (SSSR count). The van der Waals surface area contributed by atoms with Crippen molar-refractivity contribution < 1.29 is 4.92 Å². The Morgan fingerprint density at radius 2 is 2.35 bits per heavy atom. The molecule has 1 aliphatic rings. The molecular weight excluding hydrogens is 322 g/mol. The molecule has 1 fully saturated rings. The van der Waals surface area contributed by atoms with Crippen LogP contribution >= 0.6 is 15.9 Å².